The number of ether oxygens (including phenoxy) is 1. The second-order valence-corrected chi connectivity index (χ2v) is 10.6. The normalized spacial score (nSPS) is 15.7. The smallest absolute Gasteiger partial charge is 0.258 e. The van der Waals surface area contributed by atoms with E-state index in [-0.39, 0.29) is 18.0 Å². The zero-order valence-corrected chi connectivity index (χ0v) is 22.9. The molecule has 7 rings (SSSR count). The summed E-state index contributed by atoms with van der Waals surface area (Å²) in [5.74, 6) is -0.0851. The fraction of sp³-hybridized carbons (Fsp3) is 0.152. The number of aromatic nitrogens is 1. The summed E-state index contributed by atoms with van der Waals surface area (Å²) >= 11 is 0. The summed E-state index contributed by atoms with van der Waals surface area (Å²) in [6, 6.07) is 24.7. The van der Waals surface area contributed by atoms with Gasteiger partial charge in [0.2, 0.25) is 0 Å². The molecule has 0 radical (unpaired) electrons. The number of nitrogen functional groups attached to an aromatic ring is 1. The van der Waals surface area contributed by atoms with E-state index < -0.39 is 5.82 Å². The number of H-pyrrole nitrogens is 1. The van der Waals surface area contributed by atoms with Gasteiger partial charge in [-0.15, -0.1) is 0 Å². The molecule has 0 saturated heterocycles. The van der Waals surface area contributed by atoms with Gasteiger partial charge in [-0.05, 0) is 78.2 Å². The molecule has 9 heteroatoms. The van der Waals surface area contributed by atoms with Crippen molar-refractivity contribution in [2.24, 2.45) is 0 Å². The Morgan fingerprint density at radius 2 is 1.88 bits per heavy atom. The maximum atomic E-state index is 13.9. The van der Waals surface area contributed by atoms with Crippen LogP contribution in [0.5, 0.6) is 5.75 Å². The van der Waals surface area contributed by atoms with Crippen LogP contribution in [0.25, 0.3) is 10.9 Å². The number of nitrogens with zero attached hydrogens (tertiary/aromatic N) is 2. The zero-order valence-electron chi connectivity index (χ0n) is 22.9. The van der Waals surface area contributed by atoms with Crippen molar-refractivity contribution in [1.82, 2.24) is 9.88 Å². The van der Waals surface area contributed by atoms with Crippen molar-refractivity contribution >= 4 is 39.8 Å². The molecule has 2 aliphatic rings. The molecule has 4 aromatic carbocycles. The first-order valence-corrected chi connectivity index (χ1v) is 13.7. The molecule has 0 aliphatic carbocycles. The SMILES string of the molecule is CN1c2ccc(F)cc2C(=O)N2CCc3c([nH]c4ccc(OCc5ccc(C(=O)Nc6ccccc6N)cc5)cc34)C21. The van der Waals surface area contributed by atoms with Crippen LogP contribution in [0.2, 0.25) is 0 Å². The van der Waals surface area contributed by atoms with Crippen molar-refractivity contribution in [2.45, 2.75) is 19.2 Å². The van der Waals surface area contributed by atoms with Gasteiger partial charge in [0.25, 0.3) is 11.8 Å². The lowest BCUT2D eigenvalue weighted by molar-refractivity contribution is 0.0634. The molecule has 1 atom stereocenters. The fourth-order valence-electron chi connectivity index (χ4n) is 5.95. The average molecular weight is 562 g/mol. The summed E-state index contributed by atoms with van der Waals surface area (Å²) in [7, 11) is 1.93. The highest BCUT2D eigenvalue weighted by Crippen LogP contribution is 2.43. The van der Waals surface area contributed by atoms with E-state index in [4.69, 9.17) is 10.5 Å². The number of fused-ring (bicyclic) bond motifs is 6. The lowest BCUT2D eigenvalue weighted by atomic mass is 9.96. The lowest BCUT2D eigenvalue weighted by Gasteiger charge is -2.46. The molecule has 42 heavy (non-hydrogen) atoms. The van der Waals surface area contributed by atoms with Crippen LogP contribution in [0.3, 0.4) is 0 Å². The molecule has 1 aromatic heterocycles. The van der Waals surface area contributed by atoms with E-state index in [1.807, 2.05) is 54.4 Å². The van der Waals surface area contributed by atoms with Gasteiger partial charge < -0.3 is 30.6 Å². The number of benzene rings is 4. The molecular weight excluding hydrogens is 533 g/mol. The number of carbonyl (C=O) groups excluding carboxylic acids is 2. The summed E-state index contributed by atoms with van der Waals surface area (Å²) in [4.78, 5) is 33.3. The molecule has 1 unspecified atom stereocenters. The Kier molecular flexibility index (Phi) is 6.08. The second kappa shape index (κ2) is 9.95. The van der Waals surface area contributed by atoms with Crippen LogP contribution in [-0.2, 0) is 13.0 Å². The van der Waals surface area contributed by atoms with Crippen LogP contribution >= 0.6 is 0 Å². The van der Waals surface area contributed by atoms with Crippen LogP contribution in [0, 0.1) is 5.82 Å². The summed E-state index contributed by atoms with van der Waals surface area (Å²) in [5, 5.41) is 3.89. The third-order valence-electron chi connectivity index (χ3n) is 8.09. The zero-order chi connectivity index (χ0) is 29.0. The van der Waals surface area contributed by atoms with E-state index in [9.17, 15) is 14.0 Å². The van der Waals surface area contributed by atoms with Gasteiger partial charge in [0.05, 0.1) is 28.3 Å². The maximum absolute atomic E-state index is 13.9. The predicted octanol–water partition coefficient (Wildman–Crippen LogP) is 5.87. The lowest BCUT2D eigenvalue weighted by Crippen LogP contribution is -2.51. The van der Waals surface area contributed by atoms with E-state index in [1.165, 1.54) is 12.1 Å². The van der Waals surface area contributed by atoms with E-state index >= 15 is 0 Å². The number of hydrogen-bond donors (Lipinski definition) is 3. The number of aromatic amines is 1. The Bertz CT molecular complexity index is 1870. The first kappa shape index (κ1) is 25.6. The fourth-order valence-corrected chi connectivity index (χ4v) is 5.95. The number of nitrogens with one attached hydrogen (secondary N) is 2. The molecule has 0 fully saturated rings. The second-order valence-electron chi connectivity index (χ2n) is 10.6. The summed E-state index contributed by atoms with van der Waals surface area (Å²) in [5.41, 5.74) is 12.6. The maximum Gasteiger partial charge on any atom is 0.258 e. The minimum atomic E-state index is -0.417. The number of anilines is 3. The molecule has 210 valence electrons. The van der Waals surface area contributed by atoms with E-state index in [0.717, 1.165) is 33.5 Å². The molecule has 5 aromatic rings. The summed E-state index contributed by atoms with van der Waals surface area (Å²) < 4.78 is 20.0. The standard InChI is InChI=1S/C33H28FN5O3/c1-38-29-13-10-21(34)16-25(29)33(41)39-15-14-23-24-17-22(11-12-27(24)36-30(23)32(38)39)42-18-19-6-8-20(9-7-19)31(40)37-28-5-3-2-4-26(28)35/h2-13,16-17,32,36H,14-15,18,35H2,1H3,(H,37,40). The topological polar surface area (TPSA) is 104 Å². The largest absolute Gasteiger partial charge is 0.489 e. The van der Waals surface area contributed by atoms with Crippen LogP contribution in [0.4, 0.5) is 21.5 Å². The highest BCUT2D eigenvalue weighted by Gasteiger charge is 2.41. The third-order valence-corrected chi connectivity index (χ3v) is 8.09. The van der Waals surface area contributed by atoms with Crippen molar-refractivity contribution in [3.05, 3.63) is 119 Å². The van der Waals surface area contributed by atoms with Crippen molar-refractivity contribution in [1.29, 1.82) is 0 Å². The Balaban J connectivity index is 1.08. The van der Waals surface area contributed by atoms with Crippen molar-refractivity contribution in [3.63, 3.8) is 0 Å². The van der Waals surface area contributed by atoms with Crippen molar-refractivity contribution in [3.8, 4) is 5.75 Å². The third kappa shape index (κ3) is 4.30. The van der Waals surface area contributed by atoms with Crippen LogP contribution in [0.15, 0.2) is 84.9 Å². The number of rotatable bonds is 5. The molecule has 2 amide bonds. The molecule has 4 N–H and O–H groups in total. The molecule has 2 aliphatic heterocycles. The number of amides is 2. The van der Waals surface area contributed by atoms with Gasteiger partial charge in [-0.25, -0.2) is 4.39 Å². The number of nitrogens with two attached hydrogens (primary N) is 1. The van der Waals surface area contributed by atoms with Gasteiger partial charge in [-0.3, -0.25) is 9.59 Å². The van der Waals surface area contributed by atoms with Gasteiger partial charge in [-0.1, -0.05) is 24.3 Å². The van der Waals surface area contributed by atoms with E-state index in [0.29, 0.717) is 47.8 Å². The minimum absolute atomic E-state index is 0.159. The number of halogens is 1. The predicted molar refractivity (Wildman–Crippen MR) is 160 cm³/mol. The molecule has 0 saturated carbocycles. The molecule has 3 heterocycles. The van der Waals surface area contributed by atoms with Gasteiger partial charge >= 0.3 is 0 Å². The number of carbonyl (C=O) groups is 2. The van der Waals surface area contributed by atoms with Crippen molar-refractivity contribution < 1.29 is 18.7 Å². The van der Waals surface area contributed by atoms with Crippen LogP contribution in [0.1, 0.15) is 43.7 Å². The van der Waals surface area contributed by atoms with Gasteiger partial charge in [0.1, 0.15) is 24.3 Å². The number of hydrogen-bond acceptors (Lipinski definition) is 5. The minimum Gasteiger partial charge on any atom is -0.489 e. The molecule has 0 spiro atoms. The Morgan fingerprint density at radius 3 is 2.69 bits per heavy atom. The Hall–Kier alpha value is -5.31. The van der Waals surface area contributed by atoms with E-state index in [1.54, 1.807) is 35.2 Å². The highest BCUT2D eigenvalue weighted by atomic mass is 19.1. The Labute approximate surface area is 241 Å². The van der Waals surface area contributed by atoms with Gasteiger partial charge in [-0.2, -0.15) is 0 Å². The highest BCUT2D eigenvalue weighted by molar-refractivity contribution is 6.05. The monoisotopic (exact) mass is 561 g/mol. The summed E-state index contributed by atoms with van der Waals surface area (Å²) in [6.07, 6.45) is 0.377. The molecule has 0 bridgehead atoms. The van der Waals surface area contributed by atoms with Gasteiger partial charge in [0, 0.05) is 30.1 Å². The first-order chi connectivity index (χ1) is 20.4. The van der Waals surface area contributed by atoms with Gasteiger partial charge in [0.15, 0.2) is 0 Å². The van der Waals surface area contributed by atoms with Crippen LogP contribution < -0.4 is 20.7 Å². The number of para-hydroxylation sites is 2. The van der Waals surface area contributed by atoms with Crippen LogP contribution in [-0.4, -0.2) is 35.3 Å². The Morgan fingerprint density at radius 1 is 1.07 bits per heavy atom. The first-order valence-electron chi connectivity index (χ1n) is 13.7. The summed E-state index contributed by atoms with van der Waals surface area (Å²) in [6.45, 7) is 0.873. The van der Waals surface area contributed by atoms with Crippen molar-refractivity contribution in [2.75, 3.05) is 29.5 Å². The molecule has 8 nitrogen and oxygen atoms in total. The molecular formula is C33H28FN5O3. The average Bonchev–Trinajstić information content (AvgIpc) is 3.38. The quantitative estimate of drug-likeness (QED) is 0.233. The van der Waals surface area contributed by atoms with E-state index in [2.05, 4.69) is 10.3 Å².